The zero-order chi connectivity index (χ0) is 30.5. The van der Waals surface area contributed by atoms with Crippen LogP contribution >= 0.6 is 22.6 Å². The van der Waals surface area contributed by atoms with Gasteiger partial charge in [-0.2, -0.15) is 0 Å². The summed E-state index contributed by atoms with van der Waals surface area (Å²) in [6.45, 7) is 3.02. The molecule has 2 unspecified atom stereocenters. The van der Waals surface area contributed by atoms with E-state index in [9.17, 15) is 19.8 Å². The molecule has 0 aliphatic carbocycles. The first-order valence-corrected chi connectivity index (χ1v) is 15.2. The van der Waals surface area contributed by atoms with Crippen molar-refractivity contribution in [3.8, 4) is 0 Å². The molecule has 0 radical (unpaired) electrons. The smallest absolute Gasteiger partial charge is 0.251 e. The fourth-order valence-electron chi connectivity index (χ4n) is 4.97. The minimum Gasteiger partial charge on any atom is -0.387 e. The van der Waals surface area contributed by atoms with Crippen LogP contribution in [-0.4, -0.2) is 66.9 Å². The lowest BCUT2D eigenvalue weighted by Gasteiger charge is -2.16. The summed E-state index contributed by atoms with van der Waals surface area (Å²) < 4.78 is 8.19. The van der Waals surface area contributed by atoms with Crippen molar-refractivity contribution in [2.24, 2.45) is 0 Å². The SMILES string of the molecule is CCCCc1cc(I)cc(C(=O)NCc2ccc(CNc3ncnc4c3ncn4[C@@H]3O[C@H](C(=O)NC)C(O)C3O)cc2)c1. The second-order valence-corrected chi connectivity index (χ2v) is 11.6. The third-order valence-electron chi connectivity index (χ3n) is 7.35. The molecule has 0 spiro atoms. The summed E-state index contributed by atoms with van der Waals surface area (Å²) >= 11 is 2.25. The number of benzene rings is 2. The average Bonchev–Trinajstić information content (AvgIpc) is 3.58. The molecule has 2 amide bonds. The van der Waals surface area contributed by atoms with Gasteiger partial charge in [0.1, 0.15) is 18.5 Å². The number of hydrogen-bond donors (Lipinski definition) is 5. The molecule has 5 N–H and O–H groups in total. The molecule has 1 aliphatic heterocycles. The molecule has 0 bridgehead atoms. The number of aliphatic hydroxyl groups excluding tert-OH is 2. The van der Waals surface area contributed by atoms with Crippen LogP contribution in [0, 0.1) is 3.57 Å². The van der Waals surface area contributed by atoms with Gasteiger partial charge < -0.3 is 30.9 Å². The minimum absolute atomic E-state index is 0.0941. The highest BCUT2D eigenvalue weighted by Crippen LogP contribution is 2.32. The van der Waals surface area contributed by atoms with Crippen molar-refractivity contribution in [3.63, 3.8) is 0 Å². The van der Waals surface area contributed by atoms with E-state index in [1.165, 1.54) is 29.8 Å². The van der Waals surface area contributed by atoms with Crippen LogP contribution in [0.5, 0.6) is 0 Å². The zero-order valence-electron chi connectivity index (χ0n) is 23.8. The van der Waals surface area contributed by atoms with Crippen LogP contribution in [0.1, 0.15) is 53.0 Å². The number of likely N-dealkylation sites (N-methyl/N-ethyl adjacent to an activating group) is 1. The number of aromatic nitrogens is 4. The van der Waals surface area contributed by atoms with Crippen LogP contribution in [0.3, 0.4) is 0 Å². The molecular formula is C30H34IN7O5. The first-order chi connectivity index (χ1) is 20.8. The summed E-state index contributed by atoms with van der Waals surface area (Å²) in [5, 5.41) is 29.5. The van der Waals surface area contributed by atoms with E-state index in [2.05, 4.69) is 66.5 Å². The topological polar surface area (TPSA) is 164 Å². The maximum absolute atomic E-state index is 12.8. The lowest BCUT2D eigenvalue weighted by Crippen LogP contribution is -2.41. The predicted octanol–water partition coefficient (Wildman–Crippen LogP) is 2.68. The molecule has 4 aromatic rings. The van der Waals surface area contributed by atoms with Gasteiger partial charge in [-0.05, 0) is 70.3 Å². The average molecular weight is 700 g/mol. The summed E-state index contributed by atoms with van der Waals surface area (Å²) in [4.78, 5) is 37.8. The maximum Gasteiger partial charge on any atom is 0.251 e. The number of imidazole rings is 1. The number of ether oxygens (including phenoxy) is 1. The van der Waals surface area contributed by atoms with Gasteiger partial charge in [-0.15, -0.1) is 0 Å². The summed E-state index contributed by atoms with van der Waals surface area (Å²) in [5.41, 5.74) is 4.65. The molecule has 1 fully saturated rings. The third kappa shape index (κ3) is 6.95. The molecule has 2 aromatic carbocycles. The Morgan fingerprint density at radius 1 is 1.00 bits per heavy atom. The van der Waals surface area contributed by atoms with Crippen LogP contribution in [0.25, 0.3) is 11.2 Å². The number of halogens is 1. The van der Waals surface area contributed by atoms with E-state index in [4.69, 9.17) is 4.74 Å². The Labute approximate surface area is 262 Å². The standard InChI is InChI=1S/C30H34IN7O5/c1-3-4-5-19-10-20(12-21(31)11-19)28(41)34-14-18-8-6-17(7-9-18)13-33-26-22-27(36-15-35-26)38(16-37-22)30-24(40)23(39)25(43-30)29(42)32-2/h6-12,15-16,23-25,30,39-40H,3-5,13-14H2,1-2H3,(H,32,42)(H,34,41)(H,33,35,36)/t23?,24?,25-,30+/m0/s1. The van der Waals surface area contributed by atoms with E-state index in [0.717, 1.165) is 34.0 Å². The van der Waals surface area contributed by atoms with Crippen molar-refractivity contribution < 1.29 is 24.5 Å². The Hall–Kier alpha value is -3.66. The summed E-state index contributed by atoms with van der Waals surface area (Å²) in [7, 11) is 1.43. The van der Waals surface area contributed by atoms with Crippen LogP contribution in [0.2, 0.25) is 0 Å². The molecule has 3 heterocycles. The van der Waals surface area contributed by atoms with E-state index in [0.29, 0.717) is 35.6 Å². The molecule has 1 aliphatic rings. The summed E-state index contributed by atoms with van der Waals surface area (Å²) in [6, 6.07) is 13.9. The molecule has 2 aromatic heterocycles. The highest BCUT2D eigenvalue weighted by Gasteiger charge is 2.47. The minimum atomic E-state index is -1.40. The van der Waals surface area contributed by atoms with E-state index in [1.54, 1.807) is 0 Å². The first-order valence-electron chi connectivity index (χ1n) is 14.1. The highest BCUT2D eigenvalue weighted by atomic mass is 127. The van der Waals surface area contributed by atoms with Gasteiger partial charge in [0, 0.05) is 29.3 Å². The number of carbonyl (C=O) groups is 2. The summed E-state index contributed by atoms with van der Waals surface area (Å²) in [5.74, 6) is -0.151. The number of aryl methyl sites for hydroxylation is 1. The van der Waals surface area contributed by atoms with E-state index in [1.807, 2.05) is 36.4 Å². The normalized spacial score (nSPS) is 19.8. The molecule has 12 nitrogen and oxygen atoms in total. The van der Waals surface area contributed by atoms with Gasteiger partial charge in [-0.3, -0.25) is 14.2 Å². The predicted molar refractivity (Wildman–Crippen MR) is 168 cm³/mol. The van der Waals surface area contributed by atoms with Crippen molar-refractivity contribution in [2.45, 2.75) is 63.8 Å². The number of nitrogens with one attached hydrogen (secondary N) is 3. The number of hydrogen-bond acceptors (Lipinski definition) is 9. The number of aliphatic hydroxyl groups is 2. The van der Waals surface area contributed by atoms with Gasteiger partial charge in [0.25, 0.3) is 11.8 Å². The number of fused-ring (bicyclic) bond motifs is 1. The number of amides is 2. The number of anilines is 1. The molecule has 5 rings (SSSR count). The Balaban J connectivity index is 1.20. The van der Waals surface area contributed by atoms with Gasteiger partial charge in [0.2, 0.25) is 0 Å². The lowest BCUT2D eigenvalue weighted by atomic mass is 10.0. The second-order valence-electron chi connectivity index (χ2n) is 10.4. The van der Waals surface area contributed by atoms with Crippen LogP contribution < -0.4 is 16.0 Å². The first kappa shape index (κ1) is 30.8. The van der Waals surface area contributed by atoms with E-state index < -0.39 is 30.4 Å². The Morgan fingerprint density at radius 2 is 1.74 bits per heavy atom. The van der Waals surface area contributed by atoms with Gasteiger partial charge in [0.15, 0.2) is 29.3 Å². The van der Waals surface area contributed by atoms with Crippen LogP contribution in [-0.2, 0) is 29.0 Å². The third-order valence-corrected chi connectivity index (χ3v) is 7.97. The molecule has 13 heteroatoms. The fourth-order valence-corrected chi connectivity index (χ4v) is 5.70. The van der Waals surface area contributed by atoms with E-state index >= 15 is 0 Å². The Kier molecular flexibility index (Phi) is 9.85. The number of unbranched alkanes of at least 4 members (excludes halogenated alkanes) is 1. The van der Waals surface area contributed by atoms with E-state index in [-0.39, 0.29) is 5.91 Å². The molecule has 4 atom stereocenters. The highest BCUT2D eigenvalue weighted by molar-refractivity contribution is 14.1. The van der Waals surface area contributed by atoms with Crippen molar-refractivity contribution in [1.82, 2.24) is 30.2 Å². The van der Waals surface area contributed by atoms with Crippen LogP contribution in [0.4, 0.5) is 5.82 Å². The van der Waals surface area contributed by atoms with Crippen molar-refractivity contribution in [2.75, 3.05) is 12.4 Å². The van der Waals surface area contributed by atoms with Crippen molar-refractivity contribution >= 4 is 51.4 Å². The fraction of sp³-hybridized carbons (Fsp3) is 0.367. The second kappa shape index (κ2) is 13.8. The zero-order valence-corrected chi connectivity index (χ0v) is 26.0. The number of carbonyl (C=O) groups excluding carboxylic acids is 2. The quantitative estimate of drug-likeness (QED) is 0.148. The van der Waals surface area contributed by atoms with Crippen molar-refractivity contribution in [3.05, 3.63) is 80.9 Å². The molecule has 1 saturated heterocycles. The molecule has 0 saturated carbocycles. The van der Waals surface area contributed by atoms with Gasteiger partial charge in [0.05, 0.1) is 6.33 Å². The summed E-state index contributed by atoms with van der Waals surface area (Å²) in [6.07, 6.45) is 0.951. The molecule has 43 heavy (non-hydrogen) atoms. The molecule has 226 valence electrons. The largest absolute Gasteiger partial charge is 0.387 e. The van der Waals surface area contributed by atoms with Gasteiger partial charge in [-0.25, -0.2) is 15.0 Å². The lowest BCUT2D eigenvalue weighted by molar-refractivity contribution is -0.137. The number of rotatable bonds is 11. The monoisotopic (exact) mass is 699 g/mol. The van der Waals surface area contributed by atoms with Gasteiger partial charge in [-0.1, -0.05) is 37.6 Å². The Bertz CT molecular complexity index is 1600. The van der Waals surface area contributed by atoms with Crippen LogP contribution in [0.15, 0.2) is 55.1 Å². The van der Waals surface area contributed by atoms with Crippen molar-refractivity contribution in [1.29, 1.82) is 0 Å². The molecular weight excluding hydrogens is 665 g/mol. The van der Waals surface area contributed by atoms with Gasteiger partial charge >= 0.3 is 0 Å². The number of nitrogens with zero attached hydrogens (tertiary/aromatic N) is 4. The Morgan fingerprint density at radius 3 is 2.47 bits per heavy atom. The maximum atomic E-state index is 12.8.